The lowest BCUT2D eigenvalue weighted by Crippen LogP contribution is -2.04. The van der Waals surface area contributed by atoms with Crippen LogP contribution in [-0.2, 0) is 4.79 Å². The van der Waals surface area contributed by atoms with Crippen LogP contribution >= 0.6 is 11.8 Å². The van der Waals surface area contributed by atoms with Crippen LogP contribution in [-0.4, -0.2) is 23.3 Å². The fraction of sp³-hybridized carbons (Fsp3) is 0.250. The van der Waals surface area contributed by atoms with Crippen molar-refractivity contribution < 1.29 is 4.79 Å². The Balaban J connectivity index is 2.63. The molecule has 8 heavy (non-hydrogen) atoms. The summed E-state index contributed by atoms with van der Waals surface area (Å²) in [5.74, 6) is 0.660. The molecule has 3 nitrogen and oxygen atoms in total. The van der Waals surface area contributed by atoms with Gasteiger partial charge in [0.05, 0.1) is 5.55 Å². The van der Waals surface area contributed by atoms with E-state index in [0.717, 1.165) is 6.29 Å². The van der Waals surface area contributed by atoms with E-state index in [1.807, 2.05) is 0 Å². The van der Waals surface area contributed by atoms with Gasteiger partial charge in [-0.05, 0) is 0 Å². The van der Waals surface area contributed by atoms with E-state index < -0.39 is 0 Å². The maximum atomic E-state index is 9.94. The van der Waals surface area contributed by atoms with Crippen molar-refractivity contribution in [3.8, 4) is 0 Å². The molecule has 0 aromatic heterocycles. The highest BCUT2D eigenvalue weighted by atomic mass is 32.2. The molecule has 42 valence electrons. The van der Waals surface area contributed by atoms with Crippen LogP contribution in [0.1, 0.15) is 0 Å². The number of hydrogen-bond acceptors (Lipinski definition) is 4. The van der Waals surface area contributed by atoms with Gasteiger partial charge in [0.2, 0.25) is 0 Å². The molecule has 0 spiro atoms. The lowest BCUT2D eigenvalue weighted by atomic mass is 10.5. The summed E-state index contributed by atoms with van der Waals surface area (Å²) in [5.41, 5.74) is 2.13. The maximum absolute atomic E-state index is 9.94. The molecule has 0 N–H and O–H groups in total. The number of thioether (sulfide) groups is 1. The Morgan fingerprint density at radius 2 is 2.75 bits per heavy atom. The Morgan fingerprint density at radius 1 is 1.88 bits per heavy atom. The molecule has 0 saturated carbocycles. The van der Waals surface area contributed by atoms with Crippen molar-refractivity contribution in [1.82, 2.24) is 0 Å². The quantitative estimate of drug-likeness (QED) is 0.477. The summed E-state index contributed by atoms with van der Waals surface area (Å²) in [6.07, 6.45) is 0.726. The Hall–Kier alpha value is -0.640. The Labute approximate surface area is 50.9 Å². The molecule has 0 aromatic rings. The topological polar surface area (TPSA) is 41.8 Å². The molecule has 0 radical (unpaired) electrons. The highest BCUT2D eigenvalue weighted by molar-refractivity contribution is 8.12. The predicted molar refractivity (Wildman–Crippen MR) is 34.4 cm³/mol. The van der Waals surface area contributed by atoms with Crippen LogP contribution in [0.2, 0.25) is 0 Å². The van der Waals surface area contributed by atoms with Crippen molar-refractivity contribution in [3.05, 3.63) is 0 Å². The molecule has 1 aliphatic rings. The predicted octanol–water partition coefficient (Wildman–Crippen LogP) is 0.316. The van der Waals surface area contributed by atoms with E-state index in [1.165, 1.54) is 11.8 Å². The van der Waals surface area contributed by atoms with E-state index in [0.29, 0.717) is 11.5 Å². The third-order valence-corrected chi connectivity index (χ3v) is 1.38. The minimum atomic E-state index is 0.512. The van der Waals surface area contributed by atoms with E-state index in [1.54, 1.807) is 5.55 Å². The first kappa shape index (κ1) is 5.50. The SMILES string of the molecule is O=CC1=NN=CSC1. The van der Waals surface area contributed by atoms with Crippen LogP contribution in [0.3, 0.4) is 0 Å². The summed E-state index contributed by atoms with van der Waals surface area (Å²) in [7, 11) is 0. The highest BCUT2D eigenvalue weighted by Gasteiger charge is 1.98. The number of carbonyl (C=O) groups is 1. The molecule has 0 saturated heterocycles. The third kappa shape index (κ3) is 1.16. The number of nitrogens with zero attached hydrogens (tertiary/aromatic N) is 2. The van der Waals surface area contributed by atoms with Crippen LogP contribution in [0.15, 0.2) is 10.2 Å². The van der Waals surface area contributed by atoms with Crippen LogP contribution < -0.4 is 0 Å². The number of rotatable bonds is 1. The number of aldehydes is 1. The van der Waals surface area contributed by atoms with Crippen LogP contribution in [0.4, 0.5) is 0 Å². The smallest absolute Gasteiger partial charge is 0.167 e. The minimum absolute atomic E-state index is 0.512. The normalized spacial score (nSPS) is 17.8. The highest BCUT2D eigenvalue weighted by Crippen LogP contribution is 2.00. The van der Waals surface area contributed by atoms with Crippen molar-refractivity contribution in [2.45, 2.75) is 0 Å². The first-order valence-corrected chi connectivity index (χ1v) is 3.13. The van der Waals surface area contributed by atoms with E-state index >= 15 is 0 Å². The molecule has 0 amide bonds. The van der Waals surface area contributed by atoms with E-state index in [-0.39, 0.29) is 0 Å². The summed E-state index contributed by atoms with van der Waals surface area (Å²) in [6, 6.07) is 0. The zero-order valence-corrected chi connectivity index (χ0v) is 4.89. The van der Waals surface area contributed by atoms with Crippen molar-refractivity contribution in [2.24, 2.45) is 10.2 Å². The lowest BCUT2D eigenvalue weighted by Gasteiger charge is -1.94. The van der Waals surface area contributed by atoms with Gasteiger partial charge in [-0.25, -0.2) is 0 Å². The largest absolute Gasteiger partial charge is 0.296 e. The average molecular weight is 128 g/mol. The van der Waals surface area contributed by atoms with E-state index in [4.69, 9.17) is 0 Å². The molecule has 0 aliphatic carbocycles. The minimum Gasteiger partial charge on any atom is -0.296 e. The number of carbonyl (C=O) groups excluding carboxylic acids is 1. The summed E-state index contributed by atoms with van der Waals surface area (Å²) in [5, 5.41) is 7.07. The molecule has 0 atom stereocenters. The van der Waals surface area contributed by atoms with Gasteiger partial charge in [-0.2, -0.15) is 10.2 Å². The number of hydrogen-bond donors (Lipinski definition) is 0. The molecule has 4 heteroatoms. The van der Waals surface area contributed by atoms with Crippen molar-refractivity contribution in [3.63, 3.8) is 0 Å². The van der Waals surface area contributed by atoms with Crippen molar-refractivity contribution >= 4 is 29.3 Å². The zero-order chi connectivity index (χ0) is 5.82. The second kappa shape index (κ2) is 2.61. The van der Waals surface area contributed by atoms with Crippen molar-refractivity contribution in [1.29, 1.82) is 0 Å². The summed E-state index contributed by atoms with van der Waals surface area (Å²) in [4.78, 5) is 9.94. The molecular formula is C4H4N2OS. The standard InChI is InChI=1S/C4H4N2OS/c7-1-4-2-8-3-5-6-4/h1,3H,2H2. The second-order valence-electron chi connectivity index (χ2n) is 1.24. The van der Waals surface area contributed by atoms with Crippen LogP contribution in [0.5, 0.6) is 0 Å². The fourth-order valence-corrected chi connectivity index (χ4v) is 0.825. The lowest BCUT2D eigenvalue weighted by molar-refractivity contribution is -0.102. The third-order valence-electron chi connectivity index (χ3n) is 0.675. The monoisotopic (exact) mass is 128 g/mol. The average Bonchev–Trinajstić information content (AvgIpc) is 1.90. The van der Waals surface area contributed by atoms with Gasteiger partial charge in [0, 0.05) is 5.75 Å². The first-order chi connectivity index (χ1) is 3.93. The Morgan fingerprint density at radius 3 is 3.12 bits per heavy atom. The molecule has 0 bridgehead atoms. The maximum Gasteiger partial charge on any atom is 0.167 e. The van der Waals surface area contributed by atoms with Gasteiger partial charge in [0.25, 0.3) is 0 Å². The van der Waals surface area contributed by atoms with E-state index in [2.05, 4.69) is 10.2 Å². The Bertz CT molecular complexity index is 152. The molecule has 0 aromatic carbocycles. The second-order valence-corrected chi connectivity index (χ2v) is 2.07. The van der Waals surface area contributed by atoms with Crippen molar-refractivity contribution in [2.75, 3.05) is 5.75 Å². The molecule has 1 heterocycles. The Kier molecular flexibility index (Phi) is 1.80. The summed E-state index contributed by atoms with van der Waals surface area (Å²) >= 11 is 1.47. The van der Waals surface area contributed by atoms with Crippen LogP contribution in [0.25, 0.3) is 0 Å². The molecule has 1 rings (SSSR count). The summed E-state index contributed by atoms with van der Waals surface area (Å²) in [6.45, 7) is 0. The van der Waals surface area contributed by atoms with Gasteiger partial charge < -0.3 is 0 Å². The molecular weight excluding hydrogens is 124 g/mol. The van der Waals surface area contributed by atoms with Gasteiger partial charge >= 0.3 is 0 Å². The van der Waals surface area contributed by atoms with Gasteiger partial charge in [0.15, 0.2) is 6.29 Å². The van der Waals surface area contributed by atoms with Crippen LogP contribution in [0, 0.1) is 0 Å². The molecule has 0 unspecified atom stereocenters. The van der Waals surface area contributed by atoms with E-state index in [9.17, 15) is 4.79 Å². The molecule has 0 fully saturated rings. The fourth-order valence-electron chi connectivity index (χ4n) is 0.340. The van der Waals surface area contributed by atoms with Gasteiger partial charge in [-0.3, -0.25) is 4.79 Å². The first-order valence-electron chi connectivity index (χ1n) is 2.08. The van der Waals surface area contributed by atoms with Gasteiger partial charge in [-0.15, -0.1) is 11.8 Å². The molecule has 1 aliphatic heterocycles. The van der Waals surface area contributed by atoms with Gasteiger partial charge in [-0.1, -0.05) is 0 Å². The zero-order valence-electron chi connectivity index (χ0n) is 4.07. The summed E-state index contributed by atoms with van der Waals surface area (Å²) < 4.78 is 0. The van der Waals surface area contributed by atoms with Gasteiger partial charge in [0.1, 0.15) is 5.71 Å².